The lowest BCUT2D eigenvalue weighted by Gasteiger charge is -2.08. The summed E-state index contributed by atoms with van der Waals surface area (Å²) in [5.41, 5.74) is 2.66. The Hall–Kier alpha value is -2.51. The van der Waals surface area contributed by atoms with E-state index in [0.717, 1.165) is 22.6 Å². The molecule has 0 saturated heterocycles. The van der Waals surface area contributed by atoms with Crippen molar-refractivity contribution in [2.75, 3.05) is 13.4 Å². The number of ether oxygens (including phenoxy) is 1. The molecule has 0 unspecified atom stereocenters. The van der Waals surface area contributed by atoms with Crippen LogP contribution in [0.5, 0.6) is 5.75 Å². The van der Waals surface area contributed by atoms with Gasteiger partial charge in [0.05, 0.1) is 12.7 Å². The number of thioether (sulfide) groups is 1. The lowest BCUT2D eigenvalue weighted by atomic mass is 10.0. The van der Waals surface area contributed by atoms with E-state index in [1.54, 1.807) is 7.11 Å². The van der Waals surface area contributed by atoms with Crippen molar-refractivity contribution in [1.82, 2.24) is 0 Å². The van der Waals surface area contributed by atoms with Crippen molar-refractivity contribution in [2.24, 2.45) is 5.92 Å². The minimum Gasteiger partial charge on any atom is -0.497 e. The Morgan fingerprint density at radius 1 is 1.19 bits per heavy atom. The number of nitrogens with zero attached hydrogens (tertiary/aromatic N) is 1. The number of ketones is 1. The van der Waals surface area contributed by atoms with Gasteiger partial charge in [0.15, 0.2) is 0 Å². The number of hydrogen-bond acceptors (Lipinski definition) is 4. The van der Waals surface area contributed by atoms with E-state index in [2.05, 4.69) is 6.07 Å². The Bertz CT molecular complexity index is 850. The second-order valence-electron chi connectivity index (χ2n) is 6.35. The number of rotatable bonds is 7. The molecule has 3 rings (SSSR count). The van der Waals surface area contributed by atoms with E-state index >= 15 is 0 Å². The molecule has 0 spiro atoms. The van der Waals surface area contributed by atoms with Crippen LogP contribution in [0, 0.1) is 17.2 Å². The average Bonchev–Trinajstić information content (AvgIpc) is 3.49. The number of methoxy groups -OCH3 is 1. The van der Waals surface area contributed by atoms with E-state index in [9.17, 15) is 10.1 Å². The van der Waals surface area contributed by atoms with Gasteiger partial charge in [-0.3, -0.25) is 4.79 Å². The molecule has 1 fully saturated rings. The zero-order chi connectivity index (χ0) is 18.5. The number of carbonyl (C=O) groups excluding carboxylic acids is 1. The number of Topliss-reactive ketones (excluding diaryl/α,β-unsaturated/α-hetero) is 1. The lowest BCUT2D eigenvalue weighted by Crippen LogP contribution is -2.04. The summed E-state index contributed by atoms with van der Waals surface area (Å²) in [5.74, 6) is 1.39. The lowest BCUT2D eigenvalue weighted by molar-refractivity contribution is -0.119. The van der Waals surface area contributed by atoms with Crippen molar-refractivity contribution in [3.63, 3.8) is 0 Å². The standard InChI is InChI=1S/C22H21NO2S/c1-25-17-10-8-16(9-11-17)18-12-19(18)21(24)13-22(26-2)20(14-23)15-6-4-3-5-7-15/h3-11,18-19H,12-13H2,1-2H3/b22-20-/t18-,19+/m0/s1. The molecule has 0 aliphatic heterocycles. The first-order chi connectivity index (χ1) is 12.7. The second-order valence-corrected chi connectivity index (χ2v) is 7.25. The van der Waals surface area contributed by atoms with Gasteiger partial charge in [-0.25, -0.2) is 0 Å². The topological polar surface area (TPSA) is 50.1 Å². The van der Waals surface area contributed by atoms with Crippen LogP contribution in [0.15, 0.2) is 59.5 Å². The smallest absolute Gasteiger partial charge is 0.141 e. The van der Waals surface area contributed by atoms with Gasteiger partial charge in [0.25, 0.3) is 0 Å². The molecule has 0 amide bonds. The largest absolute Gasteiger partial charge is 0.497 e. The van der Waals surface area contributed by atoms with Crippen LogP contribution in [-0.4, -0.2) is 19.1 Å². The monoisotopic (exact) mass is 363 g/mol. The van der Waals surface area contributed by atoms with Crippen LogP contribution < -0.4 is 4.74 Å². The molecule has 1 aliphatic carbocycles. The van der Waals surface area contributed by atoms with Crippen molar-refractivity contribution in [2.45, 2.75) is 18.8 Å². The zero-order valence-corrected chi connectivity index (χ0v) is 15.8. The first kappa shape index (κ1) is 18.3. The summed E-state index contributed by atoms with van der Waals surface area (Å²) in [5, 5.41) is 9.58. The maximum absolute atomic E-state index is 12.8. The first-order valence-corrected chi connectivity index (χ1v) is 9.79. The highest BCUT2D eigenvalue weighted by Crippen LogP contribution is 2.49. The molecule has 0 aromatic heterocycles. The third-order valence-corrected chi connectivity index (χ3v) is 5.62. The fourth-order valence-corrected chi connectivity index (χ4v) is 3.87. The third-order valence-electron chi connectivity index (χ3n) is 4.78. The van der Waals surface area contributed by atoms with Crippen LogP contribution in [0.2, 0.25) is 0 Å². The second kappa shape index (κ2) is 8.25. The Morgan fingerprint density at radius 2 is 1.88 bits per heavy atom. The van der Waals surface area contributed by atoms with Crippen LogP contribution in [0.1, 0.15) is 29.9 Å². The van der Waals surface area contributed by atoms with Gasteiger partial charge in [0.2, 0.25) is 0 Å². The van der Waals surface area contributed by atoms with Gasteiger partial charge in [0.1, 0.15) is 17.6 Å². The van der Waals surface area contributed by atoms with Crippen molar-refractivity contribution in [1.29, 1.82) is 5.26 Å². The molecular formula is C22H21NO2S. The van der Waals surface area contributed by atoms with Gasteiger partial charge >= 0.3 is 0 Å². The number of carbonyl (C=O) groups is 1. The van der Waals surface area contributed by atoms with Crippen molar-refractivity contribution in [3.8, 4) is 11.8 Å². The molecule has 0 bridgehead atoms. The Kier molecular flexibility index (Phi) is 5.80. The van der Waals surface area contributed by atoms with E-state index in [-0.39, 0.29) is 11.7 Å². The fourth-order valence-electron chi connectivity index (χ4n) is 3.22. The molecule has 1 aliphatic rings. The predicted molar refractivity (Wildman–Crippen MR) is 106 cm³/mol. The minimum absolute atomic E-state index is 0.0567. The van der Waals surface area contributed by atoms with Crippen LogP contribution in [0.3, 0.4) is 0 Å². The van der Waals surface area contributed by atoms with Crippen LogP contribution in [-0.2, 0) is 4.79 Å². The molecule has 26 heavy (non-hydrogen) atoms. The highest BCUT2D eigenvalue weighted by atomic mass is 32.2. The average molecular weight is 363 g/mol. The minimum atomic E-state index is 0.0567. The van der Waals surface area contributed by atoms with Crippen molar-refractivity contribution >= 4 is 23.1 Å². The van der Waals surface area contributed by atoms with Gasteiger partial charge in [-0.2, -0.15) is 5.26 Å². The van der Waals surface area contributed by atoms with Crippen LogP contribution in [0.25, 0.3) is 5.57 Å². The van der Waals surface area contributed by atoms with Gasteiger partial charge in [-0.05, 0) is 41.9 Å². The molecule has 0 radical (unpaired) electrons. The van der Waals surface area contributed by atoms with E-state index in [1.165, 1.54) is 17.3 Å². The Labute approximate surface area is 158 Å². The maximum atomic E-state index is 12.8. The summed E-state index contributed by atoms with van der Waals surface area (Å²) in [6, 6.07) is 19.8. The van der Waals surface area contributed by atoms with Gasteiger partial charge in [-0.1, -0.05) is 42.5 Å². The molecule has 4 heteroatoms. The van der Waals surface area contributed by atoms with Crippen molar-refractivity contribution in [3.05, 3.63) is 70.6 Å². The fraction of sp³-hybridized carbons (Fsp3) is 0.273. The van der Waals surface area contributed by atoms with Crippen LogP contribution >= 0.6 is 11.8 Å². The molecule has 0 N–H and O–H groups in total. The molecule has 2 atom stereocenters. The van der Waals surface area contributed by atoms with E-state index < -0.39 is 0 Å². The quantitative estimate of drug-likeness (QED) is 0.646. The molecular weight excluding hydrogens is 342 g/mol. The molecule has 1 saturated carbocycles. The number of nitriles is 1. The summed E-state index contributed by atoms with van der Waals surface area (Å²) in [6.07, 6.45) is 3.15. The molecule has 2 aromatic rings. The summed E-state index contributed by atoms with van der Waals surface area (Å²) in [4.78, 5) is 13.6. The van der Waals surface area contributed by atoms with Gasteiger partial charge in [0, 0.05) is 17.2 Å². The molecule has 132 valence electrons. The number of benzene rings is 2. The van der Waals surface area contributed by atoms with E-state index in [4.69, 9.17) is 4.74 Å². The summed E-state index contributed by atoms with van der Waals surface area (Å²) in [7, 11) is 1.65. The van der Waals surface area contributed by atoms with Gasteiger partial charge < -0.3 is 4.74 Å². The Balaban J connectivity index is 1.72. The molecule has 0 heterocycles. The van der Waals surface area contributed by atoms with E-state index in [0.29, 0.717) is 17.9 Å². The third kappa shape index (κ3) is 4.00. The van der Waals surface area contributed by atoms with Crippen molar-refractivity contribution < 1.29 is 9.53 Å². The maximum Gasteiger partial charge on any atom is 0.141 e. The summed E-state index contributed by atoms with van der Waals surface area (Å²) >= 11 is 1.49. The Morgan fingerprint density at radius 3 is 2.46 bits per heavy atom. The number of allylic oxidation sites excluding steroid dienone is 2. The zero-order valence-electron chi connectivity index (χ0n) is 14.9. The van der Waals surface area contributed by atoms with E-state index in [1.807, 2.05) is 60.9 Å². The SMILES string of the molecule is COc1ccc([C@@H]2C[C@H]2C(=O)C/C(SC)=C(\C#N)c2ccccc2)cc1. The predicted octanol–water partition coefficient (Wildman–Crippen LogP) is 5.06. The normalized spacial score (nSPS) is 19.3. The van der Waals surface area contributed by atoms with Crippen LogP contribution in [0.4, 0.5) is 0 Å². The summed E-state index contributed by atoms with van der Waals surface area (Å²) < 4.78 is 5.19. The number of hydrogen-bond donors (Lipinski definition) is 0. The highest BCUT2D eigenvalue weighted by molar-refractivity contribution is 8.02. The molecule has 3 nitrogen and oxygen atoms in total. The van der Waals surface area contributed by atoms with Gasteiger partial charge in [-0.15, -0.1) is 11.8 Å². The highest BCUT2D eigenvalue weighted by Gasteiger charge is 2.43. The molecule has 2 aromatic carbocycles. The first-order valence-electron chi connectivity index (χ1n) is 8.57. The summed E-state index contributed by atoms with van der Waals surface area (Å²) in [6.45, 7) is 0.